The highest BCUT2D eigenvalue weighted by Crippen LogP contribution is 2.24. The molecule has 0 aliphatic heterocycles. The third-order valence-corrected chi connectivity index (χ3v) is 4.64. The van der Waals surface area contributed by atoms with E-state index in [0.717, 1.165) is 33.3 Å². The van der Waals surface area contributed by atoms with Gasteiger partial charge in [-0.2, -0.15) is 0 Å². The molecule has 0 unspecified atom stereocenters. The van der Waals surface area contributed by atoms with Gasteiger partial charge in [-0.05, 0) is 48.2 Å². The van der Waals surface area contributed by atoms with E-state index in [1.807, 2.05) is 55.6 Å². The van der Waals surface area contributed by atoms with E-state index in [0.29, 0.717) is 6.42 Å². The number of H-pyrrole nitrogens is 1. The standard InChI is InChI=1S/C21H24N2O3/c1-14-5-3-4-6-15(14)9-17(13-24)23-21(25)10-16-12-22-20-8-7-18(26-2)11-19(16)20/h3-8,11-12,17,22,24H,9-10,13H2,1-2H3,(H,23,25)/t17-/m0/s1. The smallest absolute Gasteiger partial charge is 0.224 e. The minimum Gasteiger partial charge on any atom is -0.497 e. The minimum atomic E-state index is -0.302. The van der Waals surface area contributed by atoms with Crippen molar-refractivity contribution in [3.8, 4) is 5.75 Å². The third-order valence-electron chi connectivity index (χ3n) is 4.64. The largest absolute Gasteiger partial charge is 0.497 e. The Morgan fingerprint density at radius 3 is 2.77 bits per heavy atom. The van der Waals surface area contributed by atoms with Crippen LogP contribution in [0.1, 0.15) is 16.7 Å². The monoisotopic (exact) mass is 352 g/mol. The first-order chi connectivity index (χ1) is 12.6. The molecule has 0 fully saturated rings. The summed E-state index contributed by atoms with van der Waals surface area (Å²) in [5.41, 5.74) is 4.16. The molecule has 0 spiro atoms. The van der Waals surface area contributed by atoms with Crippen LogP contribution in [-0.2, 0) is 17.6 Å². The van der Waals surface area contributed by atoms with Crippen LogP contribution < -0.4 is 10.1 Å². The molecule has 2 aromatic carbocycles. The molecule has 3 N–H and O–H groups in total. The zero-order valence-corrected chi connectivity index (χ0v) is 15.1. The van der Waals surface area contributed by atoms with Crippen molar-refractivity contribution in [2.45, 2.75) is 25.8 Å². The Balaban J connectivity index is 1.68. The molecule has 1 atom stereocenters. The molecule has 5 heteroatoms. The summed E-state index contributed by atoms with van der Waals surface area (Å²) in [6.07, 6.45) is 2.70. The van der Waals surface area contributed by atoms with Crippen molar-refractivity contribution < 1.29 is 14.6 Å². The van der Waals surface area contributed by atoms with Gasteiger partial charge in [-0.1, -0.05) is 24.3 Å². The van der Waals surface area contributed by atoms with Gasteiger partial charge in [-0.3, -0.25) is 4.79 Å². The van der Waals surface area contributed by atoms with E-state index in [1.54, 1.807) is 7.11 Å². The van der Waals surface area contributed by atoms with E-state index in [9.17, 15) is 9.90 Å². The van der Waals surface area contributed by atoms with Gasteiger partial charge >= 0.3 is 0 Å². The SMILES string of the molecule is COc1ccc2[nH]cc(CC(=O)N[C@H](CO)Cc3ccccc3C)c2c1. The maximum Gasteiger partial charge on any atom is 0.224 e. The van der Waals surface area contributed by atoms with Crippen molar-refractivity contribution in [2.75, 3.05) is 13.7 Å². The van der Waals surface area contributed by atoms with E-state index in [2.05, 4.69) is 10.3 Å². The Morgan fingerprint density at radius 2 is 2.04 bits per heavy atom. The fourth-order valence-corrected chi connectivity index (χ4v) is 3.15. The Bertz CT molecular complexity index is 901. The summed E-state index contributed by atoms with van der Waals surface area (Å²) in [6.45, 7) is 1.94. The average molecular weight is 352 g/mol. The zero-order chi connectivity index (χ0) is 18.5. The summed E-state index contributed by atoms with van der Waals surface area (Å²) in [5, 5.41) is 13.6. The van der Waals surface area contributed by atoms with Gasteiger partial charge in [0.15, 0.2) is 0 Å². The number of aliphatic hydroxyl groups is 1. The maximum absolute atomic E-state index is 12.5. The van der Waals surface area contributed by atoms with Crippen LogP contribution in [0.25, 0.3) is 10.9 Å². The number of hydrogen-bond acceptors (Lipinski definition) is 3. The molecule has 0 saturated heterocycles. The number of aliphatic hydroxyl groups excluding tert-OH is 1. The summed E-state index contributed by atoms with van der Waals surface area (Å²) >= 11 is 0. The first kappa shape index (κ1) is 18.0. The van der Waals surface area contributed by atoms with Crippen LogP contribution in [0, 0.1) is 6.92 Å². The Kier molecular flexibility index (Phi) is 5.58. The first-order valence-corrected chi connectivity index (χ1v) is 8.69. The highest BCUT2D eigenvalue weighted by atomic mass is 16.5. The summed E-state index contributed by atoms with van der Waals surface area (Å²) in [5.74, 6) is 0.646. The van der Waals surface area contributed by atoms with Gasteiger partial charge in [0.25, 0.3) is 0 Å². The van der Waals surface area contributed by atoms with Gasteiger partial charge in [-0.25, -0.2) is 0 Å². The van der Waals surface area contributed by atoms with Gasteiger partial charge in [0.1, 0.15) is 5.75 Å². The van der Waals surface area contributed by atoms with E-state index >= 15 is 0 Å². The summed E-state index contributed by atoms with van der Waals surface area (Å²) < 4.78 is 5.26. The summed E-state index contributed by atoms with van der Waals surface area (Å²) in [4.78, 5) is 15.7. The summed E-state index contributed by atoms with van der Waals surface area (Å²) in [6, 6.07) is 13.4. The highest BCUT2D eigenvalue weighted by Gasteiger charge is 2.15. The van der Waals surface area contributed by atoms with Gasteiger partial charge in [0.05, 0.1) is 26.2 Å². The van der Waals surface area contributed by atoms with Gasteiger partial charge in [0, 0.05) is 17.1 Å². The van der Waals surface area contributed by atoms with Gasteiger partial charge in [-0.15, -0.1) is 0 Å². The topological polar surface area (TPSA) is 74.4 Å². The fourth-order valence-electron chi connectivity index (χ4n) is 3.15. The molecule has 0 bridgehead atoms. The molecular weight excluding hydrogens is 328 g/mol. The van der Waals surface area contributed by atoms with Crippen LogP contribution >= 0.6 is 0 Å². The highest BCUT2D eigenvalue weighted by molar-refractivity contribution is 5.89. The molecule has 0 aliphatic carbocycles. The fraction of sp³-hybridized carbons (Fsp3) is 0.286. The van der Waals surface area contributed by atoms with Gasteiger partial charge < -0.3 is 20.1 Å². The van der Waals surface area contributed by atoms with E-state index in [4.69, 9.17) is 4.74 Å². The molecule has 1 heterocycles. The van der Waals surface area contributed by atoms with Crippen molar-refractivity contribution in [3.05, 3.63) is 65.4 Å². The lowest BCUT2D eigenvalue weighted by molar-refractivity contribution is -0.121. The van der Waals surface area contributed by atoms with Crippen LogP contribution in [0.2, 0.25) is 0 Å². The number of carbonyl (C=O) groups excluding carboxylic acids is 1. The number of nitrogens with one attached hydrogen (secondary N) is 2. The number of ether oxygens (including phenoxy) is 1. The number of benzene rings is 2. The number of carbonyl (C=O) groups is 1. The van der Waals surface area contributed by atoms with Crippen molar-refractivity contribution in [3.63, 3.8) is 0 Å². The maximum atomic E-state index is 12.5. The van der Waals surface area contributed by atoms with Crippen molar-refractivity contribution in [2.24, 2.45) is 0 Å². The molecule has 0 saturated carbocycles. The number of fused-ring (bicyclic) bond motifs is 1. The third kappa shape index (κ3) is 4.06. The number of aromatic nitrogens is 1. The molecule has 26 heavy (non-hydrogen) atoms. The Hall–Kier alpha value is -2.79. The molecular formula is C21H24N2O3. The first-order valence-electron chi connectivity index (χ1n) is 8.69. The number of aryl methyl sites for hydroxylation is 1. The number of methoxy groups -OCH3 is 1. The lowest BCUT2D eigenvalue weighted by Gasteiger charge is -2.17. The van der Waals surface area contributed by atoms with Crippen molar-refractivity contribution in [1.29, 1.82) is 0 Å². The molecule has 136 valence electrons. The molecule has 3 aromatic rings. The summed E-state index contributed by atoms with van der Waals surface area (Å²) in [7, 11) is 1.62. The Labute approximate surface area is 153 Å². The molecule has 1 amide bonds. The van der Waals surface area contributed by atoms with E-state index in [-0.39, 0.29) is 25.0 Å². The second-order valence-electron chi connectivity index (χ2n) is 6.48. The zero-order valence-electron chi connectivity index (χ0n) is 15.1. The van der Waals surface area contributed by atoms with E-state index < -0.39 is 0 Å². The number of hydrogen-bond donors (Lipinski definition) is 3. The van der Waals surface area contributed by atoms with Crippen LogP contribution in [-0.4, -0.2) is 35.8 Å². The molecule has 5 nitrogen and oxygen atoms in total. The number of amides is 1. The predicted octanol–water partition coefficient (Wildman–Crippen LogP) is 2.75. The van der Waals surface area contributed by atoms with Crippen molar-refractivity contribution >= 4 is 16.8 Å². The lowest BCUT2D eigenvalue weighted by Crippen LogP contribution is -2.40. The van der Waals surface area contributed by atoms with Crippen LogP contribution in [0.5, 0.6) is 5.75 Å². The molecule has 0 aliphatic rings. The Morgan fingerprint density at radius 1 is 1.23 bits per heavy atom. The second kappa shape index (κ2) is 8.06. The molecule has 3 rings (SSSR count). The van der Waals surface area contributed by atoms with Crippen LogP contribution in [0.4, 0.5) is 0 Å². The normalized spacial score (nSPS) is 12.1. The minimum absolute atomic E-state index is 0.0955. The lowest BCUT2D eigenvalue weighted by atomic mass is 10.0. The van der Waals surface area contributed by atoms with Crippen molar-refractivity contribution in [1.82, 2.24) is 10.3 Å². The molecule has 1 aromatic heterocycles. The van der Waals surface area contributed by atoms with Crippen LogP contribution in [0.15, 0.2) is 48.7 Å². The second-order valence-corrected chi connectivity index (χ2v) is 6.48. The van der Waals surface area contributed by atoms with Crippen LogP contribution in [0.3, 0.4) is 0 Å². The number of rotatable bonds is 7. The average Bonchev–Trinajstić information content (AvgIpc) is 3.04. The van der Waals surface area contributed by atoms with Gasteiger partial charge in [0.2, 0.25) is 5.91 Å². The quantitative estimate of drug-likeness (QED) is 0.612. The predicted molar refractivity (Wildman–Crippen MR) is 102 cm³/mol. The number of aromatic amines is 1. The van der Waals surface area contributed by atoms with E-state index in [1.165, 1.54) is 0 Å². The molecule has 0 radical (unpaired) electrons.